The van der Waals surface area contributed by atoms with Gasteiger partial charge in [-0.1, -0.05) is 26.0 Å². The Morgan fingerprint density at radius 3 is 2.52 bits per heavy atom. The third-order valence-corrected chi connectivity index (χ3v) is 5.56. The summed E-state index contributed by atoms with van der Waals surface area (Å²) in [6.07, 6.45) is 2.18. The highest BCUT2D eigenvalue weighted by atomic mass is 16.5. The second-order valence-corrected chi connectivity index (χ2v) is 8.24. The Kier molecular flexibility index (Phi) is 8.96. The molecule has 0 aromatic heterocycles. The molecule has 162 valence electrons. The number of carbonyl (C=O) groups is 2. The van der Waals surface area contributed by atoms with Gasteiger partial charge in [-0.15, -0.1) is 0 Å². The van der Waals surface area contributed by atoms with Crippen molar-refractivity contribution in [2.24, 2.45) is 11.8 Å². The number of amides is 1. The van der Waals surface area contributed by atoms with E-state index in [0.717, 1.165) is 38.2 Å². The maximum Gasteiger partial charge on any atom is 0.328 e. The molecule has 1 amide bonds. The number of hydrogen-bond donors (Lipinski definition) is 1. The van der Waals surface area contributed by atoms with E-state index in [4.69, 9.17) is 9.47 Å². The molecule has 0 saturated carbocycles. The van der Waals surface area contributed by atoms with Crippen LogP contribution in [0.5, 0.6) is 5.75 Å². The van der Waals surface area contributed by atoms with Crippen molar-refractivity contribution in [2.75, 3.05) is 26.8 Å². The fourth-order valence-corrected chi connectivity index (χ4v) is 3.85. The number of rotatable bonds is 9. The molecular formula is C23H36N2O4. The predicted molar refractivity (Wildman–Crippen MR) is 114 cm³/mol. The highest BCUT2D eigenvalue weighted by molar-refractivity contribution is 5.85. The van der Waals surface area contributed by atoms with Crippen LogP contribution in [0.15, 0.2) is 18.2 Å². The molecule has 1 aromatic carbocycles. The van der Waals surface area contributed by atoms with E-state index in [9.17, 15) is 9.59 Å². The first kappa shape index (κ1) is 23.2. The van der Waals surface area contributed by atoms with E-state index < -0.39 is 6.04 Å². The van der Waals surface area contributed by atoms with Gasteiger partial charge in [0.1, 0.15) is 11.8 Å². The van der Waals surface area contributed by atoms with E-state index in [-0.39, 0.29) is 17.8 Å². The smallest absolute Gasteiger partial charge is 0.328 e. The summed E-state index contributed by atoms with van der Waals surface area (Å²) < 4.78 is 10.5. The minimum absolute atomic E-state index is 0.0322. The van der Waals surface area contributed by atoms with Crippen molar-refractivity contribution in [3.8, 4) is 5.75 Å². The third kappa shape index (κ3) is 6.74. The van der Waals surface area contributed by atoms with Crippen LogP contribution in [0.4, 0.5) is 0 Å². The van der Waals surface area contributed by atoms with Gasteiger partial charge in [0.15, 0.2) is 0 Å². The number of nitrogens with zero attached hydrogens (tertiary/aromatic N) is 1. The normalized spacial score (nSPS) is 16.5. The average Bonchev–Trinajstić information content (AvgIpc) is 2.70. The number of nitrogens with one attached hydrogen (secondary N) is 1. The van der Waals surface area contributed by atoms with Crippen LogP contribution in [-0.2, 0) is 20.9 Å². The van der Waals surface area contributed by atoms with Crippen LogP contribution in [-0.4, -0.2) is 49.6 Å². The summed E-state index contributed by atoms with van der Waals surface area (Å²) in [4.78, 5) is 27.0. The molecule has 1 saturated heterocycles. The summed E-state index contributed by atoms with van der Waals surface area (Å²) in [6.45, 7) is 11.4. The number of piperidine rings is 1. The fraction of sp³-hybridized carbons (Fsp3) is 0.652. The first-order valence-corrected chi connectivity index (χ1v) is 10.7. The summed E-state index contributed by atoms with van der Waals surface area (Å²) in [5, 5.41) is 2.92. The third-order valence-electron chi connectivity index (χ3n) is 5.56. The number of ether oxygens (including phenoxy) is 2. The van der Waals surface area contributed by atoms with Crippen molar-refractivity contribution < 1.29 is 19.1 Å². The standard InChI is InChI=1S/C23H36N2O4/c1-6-29-21-9-7-8-19(17(21)4)15-25-12-10-18(11-13-25)22(26)24-20(14-16(2)3)23(27)28-5/h7-9,16,18,20H,6,10-15H2,1-5H3,(H,24,26). The molecule has 6 nitrogen and oxygen atoms in total. The SMILES string of the molecule is CCOc1cccc(CN2CCC(C(=O)NC(CC(C)C)C(=O)OC)CC2)c1C. The summed E-state index contributed by atoms with van der Waals surface area (Å²) in [5.41, 5.74) is 2.45. The maximum atomic E-state index is 12.7. The van der Waals surface area contributed by atoms with Gasteiger partial charge in [0.05, 0.1) is 13.7 Å². The summed E-state index contributed by atoms with van der Waals surface area (Å²) in [7, 11) is 1.36. The van der Waals surface area contributed by atoms with E-state index in [2.05, 4.69) is 23.2 Å². The molecule has 1 N–H and O–H groups in total. The van der Waals surface area contributed by atoms with E-state index in [1.54, 1.807) is 0 Å². The maximum absolute atomic E-state index is 12.7. The van der Waals surface area contributed by atoms with E-state index >= 15 is 0 Å². The van der Waals surface area contributed by atoms with Gasteiger partial charge in [-0.25, -0.2) is 4.79 Å². The van der Waals surface area contributed by atoms with Crippen LogP contribution in [0.2, 0.25) is 0 Å². The Hall–Kier alpha value is -2.08. The van der Waals surface area contributed by atoms with Crippen molar-refractivity contribution >= 4 is 11.9 Å². The van der Waals surface area contributed by atoms with E-state index in [1.165, 1.54) is 18.2 Å². The number of esters is 1. The number of benzene rings is 1. The van der Waals surface area contributed by atoms with Crippen LogP contribution in [0.3, 0.4) is 0 Å². The Bertz CT molecular complexity index is 681. The number of methoxy groups -OCH3 is 1. The van der Waals surface area contributed by atoms with Gasteiger partial charge in [-0.05, 0) is 69.3 Å². The largest absolute Gasteiger partial charge is 0.494 e. The van der Waals surface area contributed by atoms with Crippen molar-refractivity contribution in [3.05, 3.63) is 29.3 Å². The van der Waals surface area contributed by atoms with E-state index in [1.807, 2.05) is 32.9 Å². The molecule has 2 rings (SSSR count). The number of carbonyl (C=O) groups excluding carboxylic acids is 2. The summed E-state index contributed by atoms with van der Waals surface area (Å²) in [5.74, 6) is 0.793. The molecule has 1 aromatic rings. The first-order valence-electron chi connectivity index (χ1n) is 10.7. The Morgan fingerprint density at radius 1 is 1.24 bits per heavy atom. The van der Waals surface area contributed by atoms with Gasteiger partial charge in [0, 0.05) is 12.5 Å². The van der Waals surface area contributed by atoms with Crippen LogP contribution < -0.4 is 10.1 Å². The number of likely N-dealkylation sites (tertiary alicyclic amines) is 1. The van der Waals surface area contributed by atoms with Crippen LogP contribution in [0.1, 0.15) is 51.2 Å². The van der Waals surface area contributed by atoms with Gasteiger partial charge in [0.25, 0.3) is 0 Å². The molecule has 1 atom stereocenters. The molecule has 0 radical (unpaired) electrons. The lowest BCUT2D eigenvalue weighted by Gasteiger charge is -2.32. The minimum atomic E-state index is -0.561. The topological polar surface area (TPSA) is 67.9 Å². The predicted octanol–water partition coefficient (Wildman–Crippen LogP) is 3.31. The molecule has 1 heterocycles. The van der Waals surface area contributed by atoms with Crippen LogP contribution in [0.25, 0.3) is 0 Å². The Morgan fingerprint density at radius 2 is 1.93 bits per heavy atom. The van der Waals surface area contributed by atoms with Crippen molar-refractivity contribution in [3.63, 3.8) is 0 Å². The molecule has 29 heavy (non-hydrogen) atoms. The number of hydrogen-bond acceptors (Lipinski definition) is 5. The Balaban J connectivity index is 1.89. The first-order chi connectivity index (χ1) is 13.8. The van der Waals surface area contributed by atoms with Crippen molar-refractivity contribution in [1.29, 1.82) is 0 Å². The lowest BCUT2D eigenvalue weighted by Crippen LogP contribution is -2.47. The van der Waals surface area contributed by atoms with Crippen LogP contribution >= 0.6 is 0 Å². The second-order valence-electron chi connectivity index (χ2n) is 8.24. The molecule has 6 heteroatoms. The van der Waals surface area contributed by atoms with Gasteiger partial charge < -0.3 is 14.8 Å². The lowest BCUT2D eigenvalue weighted by molar-refractivity contribution is -0.146. The van der Waals surface area contributed by atoms with Gasteiger partial charge in [-0.3, -0.25) is 9.69 Å². The molecule has 1 fully saturated rings. The van der Waals surface area contributed by atoms with Crippen molar-refractivity contribution in [1.82, 2.24) is 10.2 Å². The summed E-state index contributed by atoms with van der Waals surface area (Å²) in [6, 6.07) is 5.63. The molecule has 0 aliphatic carbocycles. The molecule has 1 unspecified atom stereocenters. The quantitative estimate of drug-likeness (QED) is 0.640. The average molecular weight is 405 g/mol. The second kappa shape index (κ2) is 11.2. The zero-order valence-electron chi connectivity index (χ0n) is 18.5. The van der Waals surface area contributed by atoms with Gasteiger partial charge in [-0.2, -0.15) is 0 Å². The van der Waals surface area contributed by atoms with Gasteiger partial charge >= 0.3 is 5.97 Å². The molecular weight excluding hydrogens is 368 g/mol. The Labute approximate surface area is 174 Å². The van der Waals surface area contributed by atoms with Gasteiger partial charge in [0.2, 0.25) is 5.91 Å². The highest BCUT2D eigenvalue weighted by Crippen LogP contribution is 2.25. The fourth-order valence-electron chi connectivity index (χ4n) is 3.85. The molecule has 1 aliphatic rings. The van der Waals surface area contributed by atoms with Crippen LogP contribution in [0, 0.1) is 18.8 Å². The minimum Gasteiger partial charge on any atom is -0.494 e. The van der Waals surface area contributed by atoms with Crippen molar-refractivity contribution in [2.45, 2.75) is 59.5 Å². The zero-order valence-corrected chi connectivity index (χ0v) is 18.5. The molecule has 0 bridgehead atoms. The summed E-state index contributed by atoms with van der Waals surface area (Å²) >= 11 is 0. The highest BCUT2D eigenvalue weighted by Gasteiger charge is 2.29. The van der Waals surface area contributed by atoms with E-state index in [0.29, 0.717) is 18.9 Å². The monoisotopic (exact) mass is 404 g/mol. The zero-order chi connectivity index (χ0) is 21.4. The lowest BCUT2D eigenvalue weighted by atomic mass is 9.94. The molecule has 1 aliphatic heterocycles. The molecule has 0 spiro atoms.